The first-order chi connectivity index (χ1) is 11.4. The fourth-order valence-electron chi connectivity index (χ4n) is 2.50. The number of thiophene rings is 2. The van der Waals surface area contributed by atoms with Gasteiger partial charge in [0.15, 0.2) is 0 Å². The van der Waals surface area contributed by atoms with Crippen molar-refractivity contribution in [2.75, 3.05) is 0 Å². The number of fused-ring (bicyclic) bond motifs is 2. The quantitative estimate of drug-likeness (QED) is 0.243. The zero-order chi connectivity index (χ0) is 15.5. The van der Waals surface area contributed by atoms with Crippen LogP contribution in [0.15, 0.2) is 59.3 Å². The maximum atomic E-state index is 2.30. The summed E-state index contributed by atoms with van der Waals surface area (Å²) in [5, 5.41) is 7.43. The van der Waals surface area contributed by atoms with Gasteiger partial charge < -0.3 is 0 Å². The van der Waals surface area contributed by atoms with Gasteiger partial charge in [-0.2, -0.15) is 0 Å². The summed E-state index contributed by atoms with van der Waals surface area (Å²) >= 11 is 3.70. The van der Waals surface area contributed by atoms with Gasteiger partial charge in [0.25, 0.3) is 0 Å². The summed E-state index contributed by atoms with van der Waals surface area (Å²) in [4.78, 5) is 0. The Morgan fingerprint density at radius 1 is 0.652 bits per heavy atom. The minimum absolute atomic E-state index is 1.08. The molecule has 23 heavy (non-hydrogen) atoms. The average molecular weight is 391 g/mol. The second-order valence-corrected chi connectivity index (χ2v) is 11.2. The van der Waals surface area contributed by atoms with E-state index in [1.165, 1.54) is 31.3 Å². The van der Waals surface area contributed by atoms with Crippen LogP contribution >= 0.6 is 54.1 Å². The lowest BCUT2D eigenvalue weighted by molar-refractivity contribution is 1.53. The first-order valence-corrected chi connectivity index (χ1v) is 12.8. The van der Waals surface area contributed by atoms with Gasteiger partial charge in [0.1, 0.15) is 0 Å². The van der Waals surface area contributed by atoms with Crippen LogP contribution in [0.25, 0.3) is 20.2 Å². The second-order valence-electron chi connectivity index (χ2n) is 5.11. The van der Waals surface area contributed by atoms with E-state index >= 15 is 0 Å². The third kappa shape index (κ3) is 3.59. The fourth-order valence-corrected chi connectivity index (χ4v) is 8.26. The molecule has 0 aliphatic heterocycles. The Hall–Kier alpha value is -0.590. The maximum Gasteiger partial charge on any atom is 0.0345 e. The van der Waals surface area contributed by atoms with Crippen molar-refractivity contribution in [2.45, 2.75) is 11.5 Å². The van der Waals surface area contributed by atoms with Gasteiger partial charge in [-0.25, -0.2) is 0 Å². The summed E-state index contributed by atoms with van der Waals surface area (Å²) in [5.41, 5.74) is 2.93. The Balaban J connectivity index is 1.31. The van der Waals surface area contributed by atoms with Crippen LogP contribution in [0.5, 0.6) is 0 Å². The SMILES string of the molecule is c1ccc2c(CSSSCc3csc4ccccc34)csc2c1. The van der Waals surface area contributed by atoms with E-state index in [1.807, 2.05) is 54.1 Å². The summed E-state index contributed by atoms with van der Waals surface area (Å²) in [6.45, 7) is 0. The van der Waals surface area contributed by atoms with E-state index in [0.29, 0.717) is 0 Å². The highest BCUT2D eigenvalue weighted by Gasteiger charge is 2.06. The fraction of sp³-hybridized carbons (Fsp3) is 0.111. The van der Waals surface area contributed by atoms with Gasteiger partial charge in [-0.1, -0.05) is 58.0 Å². The van der Waals surface area contributed by atoms with E-state index in [1.54, 1.807) is 0 Å². The Bertz CT molecular complexity index is 845. The molecule has 0 aliphatic rings. The Kier molecular flexibility index (Phi) is 5.21. The minimum Gasteiger partial charge on any atom is -0.143 e. The molecular weight excluding hydrogens is 377 g/mol. The molecule has 0 radical (unpaired) electrons. The molecule has 2 aromatic heterocycles. The summed E-state index contributed by atoms with van der Waals surface area (Å²) in [5.74, 6) is 2.15. The number of rotatable bonds is 6. The number of hydrogen-bond acceptors (Lipinski definition) is 5. The molecule has 0 aliphatic carbocycles. The normalized spacial score (nSPS) is 11.5. The van der Waals surface area contributed by atoms with Crippen molar-refractivity contribution in [3.05, 3.63) is 70.4 Å². The lowest BCUT2D eigenvalue weighted by Crippen LogP contribution is -1.75. The summed E-state index contributed by atoms with van der Waals surface area (Å²) < 4.78 is 2.79. The van der Waals surface area contributed by atoms with Gasteiger partial charge in [0, 0.05) is 20.9 Å². The van der Waals surface area contributed by atoms with Crippen LogP contribution in [0.4, 0.5) is 0 Å². The molecule has 0 bridgehead atoms. The van der Waals surface area contributed by atoms with Gasteiger partial charge in [-0.05, 0) is 54.6 Å². The molecule has 0 atom stereocenters. The molecule has 4 aromatic rings. The van der Waals surface area contributed by atoms with Crippen LogP contribution in [0.1, 0.15) is 11.1 Å². The van der Waals surface area contributed by atoms with Gasteiger partial charge >= 0.3 is 0 Å². The van der Waals surface area contributed by atoms with Crippen molar-refractivity contribution >= 4 is 74.3 Å². The molecule has 116 valence electrons. The van der Waals surface area contributed by atoms with E-state index in [4.69, 9.17) is 0 Å². The third-order valence-corrected chi connectivity index (χ3v) is 9.74. The highest BCUT2D eigenvalue weighted by molar-refractivity contribution is 9.09. The molecule has 5 heteroatoms. The molecule has 4 rings (SSSR count). The topological polar surface area (TPSA) is 0 Å². The molecule has 0 saturated heterocycles. The first-order valence-electron chi connectivity index (χ1n) is 7.23. The molecule has 0 unspecified atom stereocenters. The van der Waals surface area contributed by atoms with Gasteiger partial charge in [0.2, 0.25) is 0 Å². The molecule has 0 saturated carbocycles. The second kappa shape index (κ2) is 7.53. The Morgan fingerprint density at radius 2 is 1.13 bits per heavy atom. The predicted octanol–water partition coefficient (Wildman–Crippen LogP) is 7.85. The van der Waals surface area contributed by atoms with E-state index in [0.717, 1.165) is 11.5 Å². The van der Waals surface area contributed by atoms with Crippen molar-refractivity contribution in [3.8, 4) is 0 Å². The molecular formula is C18H14S5. The highest BCUT2D eigenvalue weighted by Crippen LogP contribution is 2.42. The summed E-state index contributed by atoms with van der Waals surface area (Å²) in [7, 11) is 5.79. The molecule has 0 N–H and O–H groups in total. The smallest absolute Gasteiger partial charge is 0.0345 e. The molecule has 0 amide bonds. The summed E-state index contributed by atoms with van der Waals surface area (Å²) in [6.07, 6.45) is 0. The number of hydrogen-bond donors (Lipinski definition) is 0. The molecule has 2 aromatic carbocycles. The largest absolute Gasteiger partial charge is 0.143 e. The lowest BCUT2D eigenvalue weighted by Gasteiger charge is -2.01. The van der Waals surface area contributed by atoms with E-state index in [2.05, 4.69) is 59.3 Å². The van der Waals surface area contributed by atoms with Gasteiger partial charge in [-0.15, -0.1) is 22.7 Å². The van der Waals surface area contributed by atoms with Crippen LogP contribution < -0.4 is 0 Å². The lowest BCUT2D eigenvalue weighted by atomic mass is 10.2. The minimum atomic E-state index is 1.08. The zero-order valence-corrected chi connectivity index (χ0v) is 16.3. The number of benzene rings is 2. The van der Waals surface area contributed by atoms with E-state index in [9.17, 15) is 0 Å². The maximum absolute atomic E-state index is 2.30. The average Bonchev–Trinajstić information content (AvgIpc) is 3.19. The third-order valence-electron chi connectivity index (χ3n) is 3.65. The van der Waals surface area contributed by atoms with Crippen molar-refractivity contribution in [3.63, 3.8) is 0 Å². The van der Waals surface area contributed by atoms with Crippen LogP contribution in [0.3, 0.4) is 0 Å². The molecule has 2 heterocycles. The van der Waals surface area contributed by atoms with Crippen molar-refractivity contribution in [2.24, 2.45) is 0 Å². The van der Waals surface area contributed by atoms with Crippen molar-refractivity contribution in [1.82, 2.24) is 0 Å². The predicted molar refractivity (Wildman–Crippen MR) is 114 cm³/mol. The zero-order valence-electron chi connectivity index (χ0n) is 12.2. The molecule has 0 spiro atoms. The van der Waals surface area contributed by atoms with Crippen LogP contribution in [0, 0.1) is 0 Å². The molecule has 0 nitrogen and oxygen atoms in total. The Morgan fingerprint density at radius 3 is 1.65 bits per heavy atom. The van der Waals surface area contributed by atoms with Crippen molar-refractivity contribution < 1.29 is 0 Å². The molecule has 0 fully saturated rings. The standard InChI is InChI=1S/C18H14S5/c1-3-7-17-15(5-1)13(9-19-17)11-21-23-22-12-14-10-20-18-8-4-2-6-16(14)18/h1-10H,11-12H2. The van der Waals surface area contributed by atoms with Gasteiger partial charge in [-0.3, -0.25) is 0 Å². The van der Waals surface area contributed by atoms with Crippen LogP contribution in [-0.2, 0) is 11.5 Å². The van der Waals surface area contributed by atoms with Crippen LogP contribution in [0.2, 0.25) is 0 Å². The van der Waals surface area contributed by atoms with Gasteiger partial charge in [0.05, 0.1) is 0 Å². The van der Waals surface area contributed by atoms with Crippen molar-refractivity contribution in [1.29, 1.82) is 0 Å². The Labute approximate surface area is 155 Å². The highest BCUT2D eigenvalue weighted by atomic mass is 33.5. The van der Waals surface area contributed by atoms with Crippen LogP contribution in [-0.4, -0.2) is 0 Å². The first kappa shape index (κ1) is 15.9. The van der Waals surface area contributed by atoms with E-state index in [-0.39, 0.29) is 0 Å². The monoisotopic (exact) mass is 390 g/mol. The summed E-state index contributed by atoms with van der Waals surface area (Å²) in [6, 6.07) is 17.4. The van der Waals surface area contributed by atoms with E-state index < -0.39 is 0 Å².